The fraction of sp³-hybridized carbons (Fsp3) is 0.524. The van der Waals surface area contributed by atoms with Crippen LogP contribution in [0.1, 0.15) is 44.9 Å². The van der Waals surface area contributed by atoms with E-state index in [0.717, 1.165) is 6.42 Å². The maximum absolute atomic E-state index is 12.9. The largest absolute Gasteiger partial charge is 0.495 e. The van der Waals surface area contributed by atoms with Crippen LogP contribution in [0.25, 0.3) is 0 Å². The molecular formula is C21H27N3O5. The molecule has 0 bridgehead atoms. The number of nitrogens with one attached hydrogen (secondary N) is 1. The van der Waals surface area contributed by atoms with Gasteiger partial charge in [0.05, 0.1) is 12.8 Å². The summed E-state index contributed by atoms with van der Waals surface area (Å²) >= 11 is 0. The number of para-hydroxylation sites is 2. The number of rotatable bonds is 8. The van der Waals surface area contributed by atoms with E-state index >= 15 is 0 Å². The van der Waals surface area contributed by atoms with E-state index in [1.54, 1.807) is 18.1 Å². The number of unbranched alkanes of at least 4 members (excludes halogenated alkanes) is 1. The van der Waals surface area contributed by atoms with Crippen molar-refractivity contribution >= 4 is 29.3 Å². The van der Waals surface area contributed by atoms with Crippen LogP contribution in [0.3, 0.4) is 0 Å². The van der Waals surface area contributed by atoms with Crippen molar-refractivity contribution in [2.45, 2.75) is 51.0 Å². The van der Waals surface area contributed by atoms with Crippen LogP contribution in [0.15, 0.2) is 24.3 Å². The number of imide groups is 1. The van der Waals surface area contributed by atoms with Crippen molar-refractivity contribution in [3.63, 3.8) is 0 Å². The number of nitrogens with zero attached hydrogens (tertiary/aromatic N) is 2. The third-order valence-corrected chi connectivity index (χ3v) is 5.34. The summed E-state index contributed by atoms with van der Waals surface area (Å²) in [4.78, 5) is 51.3. The Kier molecular flexibility index (Phi) is 6.85. The molecule has 0 aromatic heterocycles. The first-order valence-electron chi connectivity index (χ1n) is 10.1. The van der Waals surface area contributed by atoms with E-state index in [1.807, 2.05) is 18.2 Å². The number of ether oxygens (including phenoxy) is 1. The van der Waals surface area contributed by atoms with Gasteiger partial charge in [0.25, 0.3) is 0 Å². The summed E-state index contributed by atoms with van der Waals surface area (Å²) in [5.74, 6) is 0.0258. The molecule has 8 nitrogen and oxygen atoms in total. The molecule has 1 unspecified atom stereocenters. The molecule has 1 aromatic rings. The zero-order valence-corrected chi connectivity index (χ0v) is 16.7. The Hall–Kier alpha value is -2.90. The molecule has 0 aliphatic carbocycles. The topological polar surface area (TPSA) is 96.0 Å². The molecule has 8 heteroatoms. The van der Waals surface area contributed by atoms with Gasteiger partial charge in [0.2, 0.25) is 23.6 Å². The van der Waals surface area contributed by atoms with E-state index in [4.69, 9.17) is 4.74 Å². The number of benzene rings is 1. The minimum Gasteiger partial charge on any atom is -0.495 e. The molecule has 1 aromatic carbocycles. The second-order valence-corrected chi connectivity index (χ2v) is 7.32. The second kappa shape index (κ2) is 9.54. The van der Waals surface area contributed by atoms with E-state index in [9.17, 15) is 19.2 Å². The summed E-state index contributed by atoms with van der Waals surface area (Å²) < 4.78 is 5.35. The smallest absolute Gasteiger partial charge is 0.249 e. The van der Waals surface area contributed by atoms with Gasteiger partial charge in [0.15, 0.2) is 0 Å². The number of hydrogen-bond acceptors (Lipinski definition) is 5. The summed E-state index contributed by atoms with van der Waals surface area (Å²) in [5.41, 5.74) is 0.707. The molecule has 4 amide bonds. The Labute approximate surface area is 170 Å². The molecule has 0 spiro atoms. The fourth-order valence-corrected chi connectivity index (χ4v) is 3.80. The van der Waals surface area contributed by atoms with Crippen molar-refractivity contribution < 1.29 is 23.9 Å². The Balaban J connectivity index is 1.48. The van der Waals surface area contributed by atoms with Crippen LogP contribution in [0.2, 0.25) is 0 Å². The van der Waals surface area contributed by atoms with Crippen molar-refractivity contribution in [3.8, 4) is 5.75 Å². The highest BCUT2D eigenvalue weighted by Gasteiger charge is 2.32. The Bertz CT molecular complexity index is 778. The Morgan fingerprint density at radius 2 is 1.86 bits per heavy atom. The van der Waals surface area contributed by atoms with Crippen LogP contribution in [-0.2, 0) is 19.2 Å². The third kappa shape index (κ3) is 4.93. The summed E-state index contributed by atoms with van der Waals surface area (Å²) in [6.45, 7) is 0.943. The Morgan fingerprint density at radius 3 is 2.59 bits per heavy atom. The van der Waals surface area contributed by atoms with E-state index < -0.39 is 6.04 Å². The minimum absolute atomic E-state index is 0.135. The fourth-order valence-electron chi connectivity index (χ4n) is 3.80. The summed E-state index contributed by atoms with van der Waals surface area (Å²) in [5, 5.41) is 2.83. The van der Waals surface area contributed by atoms with E-state index in [-0.39, 0.29) is 42.9 Å². The molecule has 2 aliphatic rings. The lowest BCUT2D eigenvalue weighted by molar-refractivity contribution is -0.138. The standard InChI is InChI=1S/C21H27N3O5/c1-29-17-9-3-2-8-16(17)23-14-6-7-15(21(23)28)22-18(25)10-4-5-13-24-19(26)11-12-20(24)27/h2-3,8-9,15H,4-7,10-14H2,1H3,(H,22,25). The molecule has 2 heterocycles. The average Bonchev–Trinajstić information content (AvgIpc) is 3.04. The monoisotopic (exact) mass is 401 g/mol. The molecule has 156 valence electrons. The third-order valence-electron chi connectivity index (χ3n) is 5.34. The highest BCUT2D eigenvalue weighted by Crippen LogP contribution is 2.30. The average molecular weight is 401 g/mol. The SMILES string of the molecule is COc1ccccc1N1CCCC(NC(=O)CCCCN2C(=O)CCC2=O)C1=O. The van der Waals surface area contributed by atoms with E-state index in [2.05, 4.69) is 5.32 Å². The van der Waals surface area contributed by atoms with Gasteiger partial charge < -0.3 is 15.0 Å². The zero-order valence-electron chi connectivity index (χ0n) is 16.7. The first-order valence-corrected chi connectivity index (χ1v) is 10.1. The number of anilines is 1. The maximum atomic E-state index is 12.9. The quantitative estimate of drug-likeness (QED) is 0.528. The van der Waals surface area contributed by atoms with Gasteiger partial charge in [-0.05, 0) is 37.8 Å². The molecule has 29 heavy (non-hydrogen) atoms. The zero-order chi connectivity index (χ0) is 20.8. The number of amides is 4. The normalized spacial score (nSPS) is 19.6. The van der Waals surface area contributed by atoms with Gasteiger partial charge in [0, 0.05) is 32.4 Å². The predicted molar refractivity (Wildman–Crippen MR) is 106 cm³/mol. The van der Waals surface area contributed by atoms with Crippen molar-refractivity contribution in [2.75, 3.05) is 25.1 Å². The van der Waals surface area contributed by atoms with Crippen LogP contribution in [0.4, 0.5) is 5.69 Å². The molecule has 3 rings (SSSR count). The van der Waals surface area contributed by atoms with Crippen LogP contribution < -0.4 is 15.0 Å². The number of carbonyl (C=O) groups is 4. The molecule has 2 fully saturated rings. The Morgan fingerprint density at radius 1 is 1.14 bits per heavy atom. The minimum atomic E-state index is -0.553. The molecular weight excluding hydrogens is 374 g/mol. The molecule has 0 saturated carbocycles. The molecule has 0 radical (unpaired) electrons. The first kappa shape index (κ1) is 20.8. The highest BCUT2D eigenvalue weighted by molar-refractivity contribution is 6.02. The lowest BCUT2D eigenvalue weighted by Crippen LogP contribution is -2.52. The number of carbonyl (C=O) groups excluding carboxylic acids is 4. The number of piperidine rings is 1. The lowest BCUT2D eigenvalue weighted by atomic mass is 10.0. The van der Waals surface area contributed by atoms with Crippen LogP contribution in [0, 0.1) is 0 Å². The van der Waals surface area contributed by atoms with E-state index in [1.165, 1.54) is 4.90 Å². The molecule has 1 atom stereocenters. The van der Waals surface area contributed by atoms with Gasteiger partial charge in [-0.25, -0.2) is 0 Å². The van der Waals surface area contributed by atoms with Crippen molar-refractivity contribution in [3.05, 3.63) is 24.3 Å². The number of hydrogen-bond donors (Lipinski definition) is 1. The van der Waals surface area contributed by atoms with Crippen LogP contribution in [0.5, 0.6) is 5.75 Å². The van der Waals surface area contributed by atoms with Crippen molar-refractivity contribution in [2.24, 2.45) is 0 Å². The predicted octanol–water partition coefficient (Wildman–Crippen LogP) is 1.63. The van der Waals surface area contributed by atoms with Crippen molar-refractivity contribution in [1.82, 2.24) is 10.2 Å². The summed E-state index contributed by atoms with van der Waals surface area (Å²) in [6, 6.07) is 6.79. The molecule has 1 N–H and O–H groups in total. The lowest BCUT2D eigenvalue weighted by Gasteiger charge is -2.33. The van der Waals surface area contributed by atoms with Crippen LogP contribution >= 0.6 is 0 Å². The maximum Gasteiger partial charge on any atom is 0.249 e. The highest BCUT2D eigenvalue weighted by atomic mass is 16.5. The van der Waals surface area contributed by atoms with E-state index in [0.29, 0.717) is 43.8 Å². The number of methoxy groups -OCH3 is 1. The van der Waals surface area contributed by atoms with Gasteiger partial charge >= 0.3 is 0 Å². The van der Waals surface area contributed by atoms with Gasteiger partial charge in [-0.3, -0.25) is 24.1 Å². The number of likely N-dealkylation sites (tertiary alicyclic amines) is 1. The van der Waals surface area contributed by atoms with Gasteiger partial charge in [-0.15, -0.1) is 0 Å². The van der Waals surface area contributed by atoms with Gasteiger partial charge in [0.1, 0.15) is 11.8 Å². The summed E-state index contributed by atoms with van der Waals surface area (Å²) in [6.07, 6.45) is 3.35. The first-order chi connectivity index (χ1) is 14.0. The van der Waals surface area contributed by atoms with Crippen LogP contribution in [-0.4, -0.2) is 54.8 Å². The summed E-state index contributed by atoms with van der Waals surface area (Å²) in [7, 11) is 1.57. The van der Waals surface area contributed by atoms with Gasteiger partial charge in [-0.1, -0.05) is 12.1 Å². The van der Waals surface area contributed by atoms with Gasteiger partial charge in [-0.2, -0.15) is 0 Å². The molecule has 2 saturated heterocycles. The molecule has 2 aliphatic heterocycles. The van der Waals surface area contributed by atoms with Crippen molar-refractivity contribution in [1.29, 1.82) is 0 Å². The second-order valence-electron chi connectivity index (χ2n) is 7.32.